The van der Waals surface area contributed by atoms with Gasteiger partial charge in [0, 0.05) is 11.6 Å². The molecule has 1 N–H and O–H groups in total. The Morgan fingerprint density at radius 3 is 2.88 bits per heavy atom. The van der Waals surface area contributed by atoms with Crippen molar-refractivity contribution >= 4 is 5.95 Å². The Hall–Kier alpha value is -3.16. The van der Waals surface area contributed by atoms with Crippen molar-refractivity contribution in [3.05, 3.63) is 48.1 Å². The van der Waals surface area contributed by atoms with E-state index in [0.29, 0.717) is 18.0 Å². The van der Waals surface area contributed by atoms with Gasteiger partial charge < -0.3 is 19.3 Å². The summed E-state index contributed by atoms with van der Waals surface area (Å²) in [6.45, 7) is 0.297. The summed E-state index contributed by atoms with van der Waals surface area (Å²) in [5.74, 6) is 0.805. The van der Waals surface area contributed by atoms with Crippen molar-refractivity contribution < 1.29 is 18.4 Å². The number of benzene rings is 1. The van der Waals surface area contributed by atoms with E-state index >= 15 is 0 Å². The number of nitrogens with zero attached hydrogens (tertiary/aromatic N) is 3. The van der Waals surface area contributed by atoms with E-state index in [2.05, 4.69) is 20.4 Å². The molecule has 0 radical (unpaired) electrons. The first kappa shape index (κ1) is 15.7. The maximum absolute atomic E-state index is 13.3. The first-order valence-corrected chi connectivity index (χ1v) is 7.10. The fourth-order valence-electron chi connectivity index (χ4n) is 2.06. The Morgan fingerprint density at radius 2 is 2.08 bits per heavy atom. The summed E-state index contributed by atoms with van der Waals surface area (Å²) in [6.07, 6.45) is 1.04. The predicted molar refractivity (Wildman–Crippen MR) is 84.4 cm³/mol. The standard InChI is InChI=1S/C16H15FN4O3/c1-22-11-5-3-4-10(6-11)14-7-12(24-21-14)8-18-16-19-9-13(17)15(20-16)23-2/h3-7,9H,8H2,1-2H3,(H,18,19,20). The number of hydrogen-bond donors (Lipinski definition) is 1. The number of nitrogens with one attached hydrogen (secondary N) is 1. The summed E-state index contributed by atoms with van der Waals surface area (Å²) in [4.78, 5) is 7.73. The Bertz CT molecular complexity index is 838. The molecule has 24 heavy (non-hydrogen) atoms. The van der Waals surface area contributed by atoms with Gasteiger partial charge in [-0.25, -0.2) is 4.98 Å². The summed E-state index contributed by atoms with van der Waals surface area (Å²) in [7, 11) is 2.94. The van der Waals surface area contributed by atoms with Gasteiger partial charge in [-0.05, 0) is 12.1 Å². The molecule has 2 heterocycles. The third-order valence-corrected chi connectivity index (χ3v) is 3.25. The second-order valence-corrected chi connectivity index (χ2v) is 4.81. The molecule has 0 aliphatic carbocycles. The van der Waals surface area contributed by atoms with Crippen molar-refractivity contribution in [2.75, 3.05) is 19.5 Å². The van der Waals surface area contributed by atoms with Crippen LogP contribution >= 0.6 is 0 Å². The average Bonchev–Trinajstić information content (AvgIpc) is 3.10. The highest BCUT2D eigenvalue weighted by molar-refractivity contribution is 5.61. The molecule has 0 bridgehead atoms. The van der Waals surface area contributed by atoms with Gasteiger partial charge in [-0.15, -0.1) is 0 Å². The molecule has 1 aromatic carbocycles. The van der Waals surface area contributed by atoms with Crippen LogP contribution in [0.25, 0.3) is 11.3 Å². The molecule has 7 nitrogen and oxygen atoms in total. The smallest absolute Gasteiger partial charge is 0.255 e. The van der Waals surface area contributed by atoms with Crippen LogP contribution in [0.5, 0.6) is 11.6 Å². The average molecular weight is 330 g/mol. The number of hydrogen-bond acceptors (Lipinski definition) is 7. The van der Waals surface area contributed by atoms with Crippen molar-refractivity contribution in [1.82, 2.24) is 15.1 Å². The van der Waals surface area contributed by atoms with E-state index in [1.165, 1.54) is 7.11 Å². The van der Waals surface area contributed by atoms with E-state index in [4.69, 9.17) is 14.0 Å². The Labute approximate surface area is 137 Å². The second-order valence-electron chi connectivity index (χ2n) is 4.81. The van der Waals surface area contributed by atoms with Crippen molar-refractivity contribution in [2.45, 2.75) is 6.54 Å². The molecule has 0 amide bonds. The lowest BCUT2D eigenvalue weighted by molar-refractivity contribution is 0.367. The first-order chi connectivity index (χ1) is 11.7. The highest BCUT2D eigenvalue weighted by Gasteiger charge is 2.10. The molecule has 8 heteroatoms. The predicted octanol–water partition coefficient (Wildman–Crippen LogP) is 2.90. The maximum Gasteiger partial charge on any atom is 0.255 e. The molecule has 0 spiro atoms. The number of halogens is 1. The summed E-state index contributed by atoms with van der Waals surface area (Å²) in [6, 6.07) is 9.29. The zero-order valence-electron chi connectivity index (χ0n) is 13.1. The van der Waals surface area contributed by atoms with Gasteiger partial charge in [0.25, 0.3) is 5.88 Å². The zero-order chi connectivity index (χ0) is 16.9. The SMILES string of the molecule is COc1cccc(-c2cc(CNc3ncc(F)c(OC)n3)on2)c1. The fourth-order valence-corrected chi connectivity index (χ4v) is 2.06. The minimum absolute atomic E-state index is 0.123. The molecule has 0 unspecified atom stereocenters. The van der Waals surface area contributed by atoms with Gasteiger partial charge in [-0.2, -0.15) is 9.37 Å². The quantitative estimate of drug-likeness (QED) is 0.744. The Balaban J connectivity index is 1.70. The maximum atomic E-state index is 13.3. The lowest BCUT2D eigenvalue weighted by Crippen LogP contribution is -2.04. The van der Waals surface area contributed by atoms with Crippen LogP contribution in [0.4, 0.5) is 10.3 Å². The van der Waals surface area contributed by atoms with Crippen LogP contribution in [0.15, 0.2) is 41.1 Å². The van der Waals surface area contributed by atoms with Crippen LogP contribution in [-0.4, -0.2) is 29.3 Å². The molecule has 124 valence electrons. The number of rotatable bonds is 6. The summed E-state index contributed by atoms with van der Waals surface area (Å²) in [5.41, 5.74) is 1.56. The van der Waals surface area contributed by atoms with Gasteiger partial charge in [0.2, 0.25) is 11.8 Å². The first-order valence-electron chi connectivity index (χ1n) is 7.10. The normalized spacial score (nSPS) is 10.5. The largest absolute Gasteiger partial charge is 0.497 e. The van der Waals surface area contributed by atoms with E-state index < -0.39 is 5.82 Å². The van der Waals surface area contributed by atoms with E-state index in [9.17, 15) is 4.39 Å². The number of aromatic nitrogens is 3. The van der Waals surface area contributed by atoms with Crippen LogP contribution in [0.3, 0.4) is 0 Å². The van der Waals surface area contributed by atoms with E-state index in [1.54, 1.807) is 13.2 Å². The number of anilines is 1. The van der Waals surface area contributed by atoms with E-state index in [-0.39, 0.29) is 11.8 Å². The molecule has 0 aliphatic rings. The van der Waals surface area contributed by atoms with Crippen LogP contribution in [-0.2, 0) is 6.54 Å². The van der Waals surface area contributed by atoms with Crippen LogP contribution in [0.1, 0.15) is 5.76 Å². The van der Waals surface area contributed by atoms with E-state index in [1.807, 2.05) is 24.3 Å². The van der Waals surface area contributed by atoms with Crippen molar-refractivity contribution in [3.8, 4) is 22.9 Å². The van der Waals surface area contributed by atoms with Gasteiger partial charge in [0.1, 0.15) is 11.4 Å². The molecular weight excluding hydrogens is 315 g/mol. The highest BCUT2D eigenvalue weighted by atomic mass is 19.1. The van der Waals surface area contributed by atoms with Gasteiger partial charge >= 0.3 is 0 Å². The van der Waals surface area contributed by atoms with Gasteiger partial charge in [-0.1, -0.05) is 17.3 Å². The van der Waals surface area contributed by atoms with Gasteiger partial charge in [-0.3, -0.25) is 0 Å². The monoisotopic (exact) mass is 330 g/mol. The summed E-state index contributed by atoms with van der Waals surface area (Å²) in [5, 5.41) is 6.95. The topological polar surface area (TPSA) is 82.3 Å². The minimum Gasteiger partial charge on any atom is -0.497 e. The lowest BCUT2D eigenvalue weighted by Gasteiger charge is -2.04. The molecule has 0 aliphatic heterocycles. The van der Waals surface area contributed by atoms with Crippen LogP contribution < -0.4 is 14.8 Å². The zero-order valence-corrected chi connectivity index (χ0v) is 13.1. The van der Waals surface area contributed by atoms with Gasteiger partial charge in [0.15, 0.2) is 5.76 Å². The molecule has 0 atom stereocenters. The molecule has 3 rings (SSSR count). The summed E-state index contributed by atoms with van der Waals surface area (Å²) >= 11 is 0. The van der Waals surface area contributed by atoms with E-state index in [0.717, 1.165) is 17.5 Å². The van der Waals surface area contributed by atoms with Crippen LogP contribution in [0.2, 0.25) is 0 Å². The molecule has 3 aromatic rings. The number of ether oxygens (including phenoxy) is 2. The number of methoxy groups -OCH3 is 2. The minimum atomic E-state index is -0.622. The third-order valence-electron chi connectivity index (χ3n) is 3.25. The molecular formula is C16H15FN4O3. The van der Waals surface area contributed by atoms with Crippen LogP contribution in [0, 0.1) is 5.82 Å². The molecule has 0 fully saturated rings. The Morgan fingerprint density at radius 1 is 1.21 bits per heavy atom. The molecule has 0 saturated carbocycles. The third kappa shape index (κ3) is 3.43. The van der Waals surface area contributed by atoms with Crippen molar-refractivity contribution in [1.29, 1.82) is 0 Å². The fraction of sp³-hybridized carbons (Fsp3) is 0.188. The lowest BCUT2D eigenvalue weighted by atomic mass is 10.1. The Kier molecular flexibility index (Phi) is 4.55. The van der Waals surface area contributed by atoms with Gasteiger partial charge in [0.05, 0.1) is 27.0 Å². The molecule has 0 saturated heterocycles. The second kappa shape index (κ2) is 6.95. The van der Waals surface area contributed by atoms with Crippen molar-refractivity contribution in [3.63, 3.8) is 0 Å². The summed E-state index contributed by atoms with van der Waals surface area (Å²) < 4.78 is 28.5. The molecule has 2 aromatic heterocycles. The highest BCUT2D eigenvalue weighted by Crippen LogP contribution is 2.23. The van der Waals surface area contributed by atoms with Crippen molar-refractivity contribution in [2.24, 2.45) is 0 Å².